The number of hydrogen-bond acceptors (Lipinski definition) is 0. The summed E-state index contributed by atoms with van der Waals surface area (Å²) in [5.41, 5.74) is 20.6. The van der Waals surface area contributed by atoms with E-state index >= 15 is 0 Å². The molecule has 0 saturated heterocycles. The van der Waals surface area contributed by atoms with Gasteiger partial charge in [0.1, 0.15) is 0 Å². The lowest BCUT2D eigenvalue weighted by molar-refractivity contribution is 1.13. The molecule has 0 unspecified atom stereocenters. The second kappa shape index (κ2) is 16.9. The van der Waals surface area contributed by atoms with Crippen molar-refractivity contribution in [2.75, 3.05) is 0 Å². The molecule has 0 spiro atoms. The molecule has 15 aromatic rings. The van der Waals surface area contributed by atoms with Crippen molar-refractivity contribution in [3.05, 3.63) is 279 Å². The number of aromatic nitrogens is 4. The molecule has 0 aliphatic carbocycles. The van der Waals surface area contributed by atoms with Gasteiger partial charge in [-0.2, -0.15) is 0 Å². The van der Waals surface area contributed by atoms with Gasteiger partial charge in [-0.25, -0.2) is 0 Å². The lowest BCUT2D eigenvalue weighted by Gasteiger charge is -2.22. The fourth-order valence-corrected chi connectivity index (χ4v) is 11.9. The Morgan fingerprint density at radius 2 is 0.500 bits per heavy atom. The third kappa shape index (κ3) is 6.55. The predicted molar refractivity (Wildman–Crippen MR) is 311 cm³/mol. The molecule has 0 saturated carbocycles. The van der Waals surface area contributed by atoms with Gasteiger partial charge < -0.3 is 18.3 Å². The highest BCUT2D eigenvalue weighted by atomic mass is 15.0. The summed E-state index contributed by atoms with van der Waals surface area (Å²) in [5, 5.41) is 7.32. The quantitative estimate of drug-likeness (QED) is 0.145. The fraction of sp³-hybridized carbons (Fsp3) is 0. The Morgan fingerprint density at radius 3 is 0.851 bits per heavy atom. The molecule has 0 aliphatic heterocycles. The smallest absolute Gasteiger partial charge is 0.0548 e. The zero-order valence-electron chi connectivity index (χ0n) is 40.3. The molecular formula is C70H46N4. The van der Waals surface area contributed by atoms with Crippen molar-refractivity contribution in [3.63, 3.8) is 0 Å². The number of fused-ring (bicyclic) bond motifs is 8. The van der Waals surface area contributed by atoms with Crippen LogP contribution in [0.25, 0.3) is 133 Å². The third-order valence-corrected chi connectivity index (χ3v) is 15.2. The van der Waals surface area contributed by atoms with E-state index in [-0.39, 0.29) is 0 Å². The maximum absolute atomic E-state index is 2.49. The van der Waals surface area contributed by atoms with Crippen LogP contribution in [0.1, 0.15) is 0 Å². The molecule has 0 radical (unpaired) electrons. The van der Waals surface area contributed by atoms with Crippen molar-refractivity contribution in [1.29, 1.82) is 0 Å². The highest BCUT2D eigenvalue weighted by Gasteiger charge is 2.23. The van der Waals surface area contributed by atoms with Crippen LogP contribution in [0, 0.1) is 0 Å². The molecule has 0 fully saturated rings. The van der Waals surface area contributed by atoms with Crippen molar-refractivity contribution in [2.45, 2.75) is 0 Å². The first kappa shape index (κ1) is 41.8. The van der Waals surface area contributed by atoms with E-state index in [1.165, 1.54) is 54.5 Å². The number of benzene rings is 11. The first-order valence-electron chi connectivity index (χ1n) is 25.4. The van der Waals surface area contributed by atoms with Crippen molar-refractivity contribution < 1.29 is 0 Å². The summed E-state index contributed by atoms with van der Waals surface area (Å²) in [5.74, 6) is 0. The Labute approximate surface area is 428 Å². The first-order chi connectivity index (χ1) is 36.7. The van der Waals surface area contributed by atoms with Crippen LogP contribution in [0.2, 0.25) is 0 Å². The van der Waals surface area contributed by atoms with Crippen LogP contribution in [0.3, 0.4) is 0 Å². The van der Waals surface area contributed by atoms with Gasteiger partial charge in [0.2, 0.25) is 0 Å². The summed E-state index contributed by atoms with van der Waals surface area (Å²) < 4.78 is 9.79. The molecule has 15 rings (SSSR count). The fourth-order valence-electron chi connectivity index (χ4n) is 11.9. The summed E-state index contributed by atoms with van der Waals surface area (Å²) >= 11 is 0. The van der Waals surface area contributed by atoms with Gasteiger partial charge in [-0.1, -0.05) is 194 Å². The van der Waals surface area contributed by atoms with Crippen LogP contribution < -0.4 is 0 Å². The van der Waals surface area contributed by atoms with Gasteiger partial charge in [-0.3, -0.25) is 0 Å². The van der Waals surface area contributed by atoms with Crippen LogP contribution in [0.4, 0.5) is 0 Å². The van der Waals surface area contributed by atoms with Crippen molar-refractivity contribution in [2.24, 2.45) is 0 Å². The van der Waals surface area contributed by atoms with E-state index in [4.69, 9.17) is 0 Å². The van der Waals surface area contributed by atoms with E-state index in [1.54, 1.807) is 0 Å². The van der Waals surface area contributed by atoms with Crippen LogP contribution in [-0.2, 0) is 0 Å². The van der Waals surface area contributed by atoms with Crippen LogP contribution in [-0.4, -0.2) is 18.3 Å². The van der Waals surface area contributed by atoms with Crippen LogP contribution in [0.5, 0.6) is 0 Å². The molecule has 4 heteroatoms. The molecule has 0 aliphatic rings. The number of nitrogens with zero attached hydrogens (tertiary/aromatic N) is 4. The molecule has 4 nitrogen and oxygen atoms in total. The Balaban J connectivity index is 1.00. The molecular weight excluding hydrogens is 897 g/mol. The van der Waals surface area contributed by atoms with E-state index < -0.39 is 0 Å². The molecule has 346 valence electrons. The highest BCUT2D eigenvalue weighted by Crippen LogP contribution is 2.45. The summed E-state index contributed by atoms with van der Waals surface area (Å²) in [6.07, 6.45) is 0. The second-order valence-electron chi connectivity index (χ2n) is 19.3. The maximum atomic E-state index is 2.49. The number of rotatable bonds is 8. The summed E-state index contributed by atoms with van der Waals surface area (Å²) in [7, 11) is 0. The monoisotopic (exact) mass is 942 g/mol. The lowest BCUT2D eigenvalue weighted by atomic mass is 9.95. The van der Waals surface area contributed by atoms with Gasteiger partial charge in [0, 0.05) is 54.8 Å². The molecule has 0 amide bonds. The SMILES string of the molecule is c1ccc(-c2cc3ccccc3n2-c2ccc(-c3cc(-n4c5ccccc5c5ccccc54)c(-c4ccc(-n5c(-c6ccccc6)cc6ccccc65)cc4)cc3-n3c4ccccc4c4ccccc43)cc2)cc1. The van der Waals surface area contributed by atoms with E-state index in [1.807, 2.05) is 0 Å². The lowest BCUT2D eigenvalue weighted by Crippen LogP contribution is -2.04. The molecule has 0 N–H and O–H groups in total. The summed E-state index contributed by atoms with van der Waals surface area (Å²) in [4.78, 5) is 0. The zero-order valence-corrected chi connectivity index (χ0v) is 40.3. The van der Waals surface area contributed by atoms with Crippen molar-refractivity contribution >= 4 is 65.4 Å². The van der Waals surface area contributed by atoms with E-state index in [0.29, 0.717) is 0 Å². The van der Waals surface area contributed by atoms with Crippen molar-refractivity contribution in [3.8, 4) is 67.5 Å². The summed E-state index contributed by atoms with van der Waals surface area (Å²) in [6.45, 7) is 0. The Bertz CT molecular complexity index is 4220. The largest absolute Gasteiger partial charge is 0.309 e. The molecule has 0 atom stereocenters. The van der Waals surface area contributed by atoms with Gasteiger partial charge in [-0.15, -0.1) is 0 Å². The standard InChI is InChI=1S/C70H46N4/c1-3-19-49(20-4-1)67-43-51-23-7-13-29-61(51)71(67)53-39-35-47(36-40-53)59-45-70(74-65-33-17-11-27-57(65)58-28-12-18-34-66(58)74)60(46-69(59)73-63-31-15-9-25-55(63)56-26-10-16-32-64(56)73)48-37-41-54(42-38-48)72-62-30-14-8-24-52(62)44-68(72)50-21-5-2-6-22-50/h1-46H. The highest BCUT2D eigenvalue weighted by molar-refractivity contribution is 6.12. The second-order valence-corrected chi connectivity index (χ2v) is 19.3. The average Bonchev–Trinajstić information content (AvgIpc) is 4.25. The zero-order chi connectivity index (χ0) is 48.7. The number of para-hydroxylation sites is 6. The minimum absolute atomic E-state index is 1.11. The Morgan fingerprint density at radius 1 is 0.203 bits per heavy atom. The van der Waals surface area contributed by atoms with Crippen molar-refractivity contribution in [1.82, 2.24) is 18.3 Å². The van der Waals surface area contributed by atoms with Crippen LogP contribution in [0.15, 0.2) is 279 Å². The normalized spacial score (nSPS) is 11.8. The van der Waals surface area contributed by atoms with Gasteiger partial charge in [0.05, 0.1) is 55.9 Å². The topological polar surface area (TPSA) is 19.7 Å². The molecule has 0 bridgehead atoms. The van der Waals surface area contributed by atoms with E-state index in [2.05, 4.69) is 297 Å². The average molecular weight is 943 g/mol. The van der Waals surface area contributed by atoms with Gasteiger partial charge >= 0.3 is 0 Å². The van der Waals surface area contributed by atoms with Crippen LogP contribution >= 0.6 is 0 Å². The molecule has 4 aromatic heterocycles. The van der Waals surface area contributed by atoms with E-state index in [0.717, 1.165) is 78.5 Å². The first-order valence-corrected chi connectivity index (χ1v) is 25.4. The summed E-state index contributed by atoms with van der Waals surface area (Å²) in [6, 6.07) is 102. The van der Waals surface area contributed by atoms with Gasteiger partial charge in [-0.05, 0) is 107 Å². The molecule has 74 heavy (non-hydrogen) atoms. The predicted octanol–water partition coefficient (Wildman–Crippen LogP) is 18.4. The Hall–Kier alpha value is -9.90. The number of hydrogen-bond donors (Lipinski definition) is 0. The minimum atomic E-state index is 1.11. The van der Waals surface area contributed by atoms with E-state index in [9.17, 15) is 0 Å². The molecule has 4 heterocycles. The van der Waals surface area contributed by atoms with Gasteiger partial charge in [0.25, 0.3) is 0 Å². The maximum Gasteiger partial charge on any atom is 0.0548 e. The molecule has 11 aromatic carbocycles. The minimum Gasteiger partial charge on any atom is -0.309 e. The van der Waals surface area contributed by atoms with Gasteiger partial charge in [0.15, 0.2) is 0 Å². The third-order valence-electron chi connectivity index (χ3n) is 15.2. The Kier molecular flexibility index (Phi) is 9.54.